The minimum Gasteiger partial charge on any atom is -0.397 e. The van der Waals surface area contributed by atoms with Gasteiger partial charge in [0.05, 0.1) is 11.4 Å². The molecule has 0 aromatic heterocycles. The number of para-hydroxylation sites is 1. The summed E-state index contributed by atoms with van der Waals surface area (Å²) in [5.74, 6) is 0.0573. The highest BCUT2D eigenvalue weighted by molar-refractivity contribution is 5.96. The van der Waals surface area contributed by atoms with Crippen molar-refractivity contribution in [2.45, 2.75) is 19.8 Å². The van der Waals surface area contributed by atoms with Gasteiger partial charge in [-0.2, -0.15) is 0 Å². The Morgan fingerprint density at radius 3 is 2.67 bits per heavy atom. The Balaban J connectivity index is 2.03. The van der Waals surface area contributed by atoms with Crippen LogP contribution in [-0.2, 0) is 11.2 Å². The van der Waals surface area contributed by atoms with Crippen molar-refractivity contribution >= 4 is 28.7 Å². The van der Waals surface area contributed by atoms with Gasteiger partial charge in [0.25, 0.3) is 0 Å². The van der Waals surface area contributed by atoms with Gasteiger partial charge in [0.2, 0.25) is 5.91 Å². The smallest absolute Gasteiger partial charge is 0.224 e. The monoisotopic (exact) mass is 281 g/mol. The van der Waals surface area contributed by atoms with Crippen LogP contribution in [0.1, 0.15) is 17.5 Å². The first-order valence-corrected chi connectivity index (χ1v) is 7.08. The van der Waals surface area contributed by atoms with E-state index < -0.39 is 0 Å². The van der Waals surface area contributed by atoms with Gasteiger partial charge in [-0.25, -0.2) is 0 Å². The molecule has 2 aromatic rings. The summed E-state index contributed by atoms with van der Waals surface area (Å²) < 4.78 is 0. The van der Waals surface area contributed by atoms with Crippen LogP contribution in [-0.4, -0.2) is 13.0 Å². The molecule has 4 heteroatoms. The zero-order chi connectivity index (χ0) is 15.0. The van der Waals surface area contributed by atoms with Crippen LogP contribution in [0.2, 0.25) is 0 Å². The number of anilines is 4. The Morgan fingerprint density at radius 2 is 1.90 bits per heavy atom. The maximum Gasteiger partial charge on any atom is 0.224 e. The number of carbonyl (C=O) groups excluding carboxylic acids is 1. The third kappa shape index (κ3) is 2.44. The van der Waals surface area contributed by atoms with Gasteiger partial charge in [0, 0.05) is 24.8 Å². The molecule has 0 saturated carbocycles. The molecule has 2 aromatic carbocycles. The highest BCUT2D eigenvalue weighted by atomic mass is 16.1. The van der Waals surface area contributed by atoms with Gasteiger partial charge in [0.1, 0.15) is 0 Å². The average Bonchev–Trinajstić information content (AvgIpc) is 2.46. The molecule has 0 radical (unpaired) electrons. The first-order chi connectivity index (χ1) is 10.1. The summed E-state index contributed by atoms with van der Waals surface area (Å²) in [6.45, 7) is 2.08. The van der Waals surface area contributed by atoms with Gasteiger partial charge in [-0.15, -0.1) is 0 Å². The van der Waals surface area contributed by atoms with Crippen LogP contribution in [0.5, 0.6) is 0 Å². The number of nitrogens with zero attached hydrogens (tertiary/aromatic N) is 1. The molecule has 1 aliphatic rings. The van der Waals surface area contributed by atoms with Gasteiger partial charge < -0.3 is 16.0 Å². The standard InChI is InChI=1S/C17H19N3O/c1-11-5-3-4-6-15(11)20(2)16-9-12-7-8-17(21)19-14(12)10-13(16)18/h3-6,9-10H,7-8,18H2,1-2H3,(H,19,21). The van der Waals surface area contributed by atoms with E-state index in [0.717, 1.165) is 29.0 Å². The molecule has 0 fully saturated rings. The van der Waals surface area contributed by atoms with E-state index in [-0.39, 0.29) is 5.91 Å². The van der Waals surface area contributed by atoms with E-state index in [9.17, 15) is 4.79 Å². The second kappa shape index (κ2) is 5.13. The number of nitrogen functional groups attached to an aromatic ring is 1. The summed E-state index contributed by atoms with van der Waals surface area (Å²) in [7, 11) is 2.02. The fourth-order valence-corrected chi connectivity index (χ4v) is 2.79. The summed E-state index contributed by atoms with van der Waals surface area (Å²) in [5, 5.41) is 2.88. The number of hydrogen-bond donors (Lipinski definition) is 2. The molecule has 0 aliphatic carbocycles. The molecular formula is C17H19N3O. The molecule has 108 valence electrons. The van der Waals surface area contributed by atoms with Gasteiger partial charge in [-0.1, -0.05) is 18.2 Å². The van der Waals surface area contributed by atoms with Crippen molar-refractivity contribution in [3.05, 3.63) is 47.5 Å². The minimum atomic E-state index is 0.0573. The molecule has 0 spiro atoms. The molecule has 1 amide bonds. The predicted molar refractivity (Wildman–Crippen MR) is 87.0 cm³/mol. The number of carbonyl (C=O) groups is 1. The Bertz CT molecular complexity index is 709. The number of aryl methyl sites for hydroxylation is 2. The zero-order valence-corrected chi connectivity index (χ0v) is 12.3. The second-order valence-corrected chi connectivity index (χ2v) is 5.46. The van der Waals surface area contributed by atoms with Gasteiger partial charge in [-0.3, -0.25) is 4.79 Å². The molecule has 1 heterocycles. The number of nitrogens with one attached hydrogen (secondary N) is 1. The van der Waals surface area contributed by atoms with Crippen molar-refractivity contribution in [3.8, 4) is 0 Å². The van der Waals surface area contributed by atoms with E-state index in [1.807, 2.05) is 25.2 Å². The second-order valence-electron chi connectivity index (χ2n) is 5.46. The van der Waals surface area contributed by atoms with Crippen molar-refractivity contribution in [1.29, 1.82) is 0 Å². The van der Waals surface area contributed by atoms with Crippen LogP contribution < -0.4 is 16.0 Å². The molecule has 3 rings (SSSR count). The number of amides is 1. The molecule has 0 bridgehead atoms. The van der Waals surface area contributed by atoms with Crippen molar-refractivity contribution in [3.63, 3.8) is 0 Å². The molecule has 0 atom stereocenters. The molecule has 21 heavy (non-hydrogen) atoms. The van der Waals surface area contributed by atoms with Gasteiger partial charge in [-0.05, 0) is 42.7 Å². The third-order valence-corrected chi connectivity index (χ3v) is 3.99. The SMILES string of the molecule is Cc1ccccc1N(C)c1cc2c(cc1N)NC(=O)CC2. The Morgan fingerprint density at radius 1 is 1.14 bits per heavy atom. The van der Waals surface area contributed by atoms with Crippen molar-refractivity contribution in [2.75, 3.05) is 23.0 Å². The lowest BCUT2D eigenvalue weighted by atomic mass is 10.0. The first-order valence-electron chi connectivity index (χ1n) is 7.08. The third-order valence-electron chi connectivity index (χ3n) is 3.99. The largest absolute Gasteiger partial charge is 0.397 e. The Kier molecular flexibility index (Phi) is 3.29. The lowest BCUT2D eigenvalue weighted by molar-refractivity contribution is -0.116. The summed E-state index contributed by atoms with van der Waals surface area (Å²) >= 11 is 0. The maximum atomic E-state index is 11.5. The van der Waals surface area contributed by atoms with Crippen LogP contribution in [0, 0.1) is 6.92 Å². The van der Waals surface area contributed by atoms with E-state index in [4.69, 9.17) is 5.73 Å². The topological polar surface area (TPSA) is 58.4 Å². The van der Waals surface area contributed by atoms with Crippen LogP contribution >= 0.6 is 0 Å². The lowest BCUT2D eigenvalue weighted by Gasteiger charge is -2.26. The number of benzene rings is 2. The maximum absolute atomic E-state index is 11.5. The normalized spacial score (nSPS) is 13.5. The zero-order valence-electron chi connectivity index (χ0n) is 12.3. The average molecular weight is 281 g/mol. The van der Waals surface area contributed by atoms with E-state index >= 15 is 0 Å². The van der Waals surface area contributed by atoms with E-state index in [2.05, 4.69) is 35.3 Å². The first kappa shape index (κ1) is 13.5. The Labute approximate surface area is 124 Å². The number of fused-ring (bicyclic) bond motifs is 1. The fourth-order valence-electron chi connectivity index (χ4n) is 2.79. The molecule has 0 unspecified atom stereocenters. The van der Waals surface area contributed by atoms with Crippen LogP contribution in [0.15, 0.2) is 36.4 Å². The van der Waals surface area contributed by atoms with Crippen molar-refractivity contribution in [1.82, 2.24) is 0 Å². The van der Waals surface area contributed by atoms with Crippen LogP contribution in [0.25, 0.3) is 0 Å². The molecule has 1 aliphatic heterocycles. The van der Waals surface area contributed by atoms with E-state index in [1.165, 1.54) is 5.56 Å². The quantitative estimate of drug-likeness (QED) is 0.831. The van der Waals surface area contributed by atoms with Crippen molar-refractivity contribution in [2.24, 2.45) is 0 Å². The number of nitrogens with two attached hydrogens (primary N) is 1. The van der Waals surface area contributed by atoms with Crippen LogP contribution in [0.4, 0.5) is 22.7 Å². The molecule has 0 saturated heterocycles. The highest BCUT2D eigenvalue weighted by Crippen LogP contribution is 2.36. The van der Waals surface area contributed by atoms with Gasteiger partial charge >= 0.3 is 0 Å². The summed E-state index contributed by atoms with van der Waals surface area (Å²) in [4.78, 5) is 13.6. The summed E-state index contributed by atoms with van der Waals surface area (Å²) in [6.07, 6.45) is 1.29. The number of rotatable bonds is 2. The van der Waals surface area contributed by atoms with Crippen LogP contribution in [0.3, 0.4) is 0 Å². The molecule has 3 N–H and O–H groups in total. The summed E-state index contributed by atoms with van der Waals surface area (Å²) in [5.41, 5.74) is 12.1. The summed E-state index contributed by atoms with van der Waals surface area (Å²) in [6, 6.07) is 12.1. The van der Waals surface area contributed by atoms with E-state index in [1.54, 1.807) is 0 Å². The highest BCUT2D eigenvalue weighted by Gasteiger charge is 2.18. The fraction of sp³-hybridized carbons (Fsp3) is 0.235. The number of hydrogen-bond acceptors (Lipinski definition) is 3. The lowest BCUT2D eigenvalue weighted by Crippen LogP contribution is -2.20. The van der Waals surface area contributed by atoms with Crippen molar-refractivity contribution < 1.29 is 4.79 Å². The van der Waals surface area contributed by atoms with Gasteiger partial charge in [0.15, 0.2) is 0 Å². The molecular weight excluding hydrogens is 262 g/mol. The predicted octanol–water partition coefficient (Wildman–Crippen LogP) is 3.23. The molecule has 4 nitrogen and oxygen atoms in total. The Hall–Kier alpha value is -2.49. The minimum absolute atomic E-state index is 0.0573. The van der Waals surface area contributed by atoms with E-state index in [0.29, 0.717) is 12.1 Å².